The number of halogens is 1. The van der Waals surface area contributed by atoms with E-state index in [1.807, 2.05) is 4.68 Å². The largest absolute Gasteiger partial charge is 0.258 e. The molecular weight excluding hydrogens is 378 g/mol. The van der Waals surface area contributed by atoms with Gasteiger partial charge in [0.25, 0.3) is 0 Å². The van der Waals surface area contributed by atoms with Crippen LogP contribution in [0.4, 0.5) is 0 Å². The number of rotatable bonds is 4. The standard InChI is InChI=1S/C16H20BrN3S2/c1-2-18-16-20(19-10-12-6-4-3-5-7-12)13(11-21-16)14-8-9-15(17)22-14/h8-12H,2-7H2,1H3/b18-16?,19-10-. The molecule has 3 rings (SSSR count). The minimum absolute atomic E-state index is 0.624. The highest BCUT2D eigenvalue weighted by atomic mass is 79.9. The second-order valence-electron chi connectivity index (χ2n) is 5.46. The Morgan fingerprint density at radius 3 is 2.82 bits per heavy atom. The van der Waals surface area contributed by atoms with E-state index in [2.05, 4.69) is 51.6 Å². The lowest BCUT2D eigenvalue weighted by Gasteiger charge is -2.16. The summed E-state index contributed by atoms with van der Waals surface area (Å²) in [6.07, 6.45) is 8.74. The van der Waals surface area contributed by atoms with Gasteiger partial charge in [-0.3, -0.25) is 4.99 Å². The van der Waals surface area contributed by atoms with E-state index in [0.717, 1.165) is 20.8 Å². The Morgan fingerprint density at radius 2 is 2.14 bits per heavy atom. The van der Waals surface area contributed by atoms with Crippen molar-refractivity contribution >= 4 is 44.8 Å². The molecule has 0 radical (unpaired) electrons. The van der Waals surface area contributed by atoms with Crippen LogP contribution in [0.2, 0.25) is 0 Å². The van der Waals surface area contributed by atoms with Crippen molar-refractivity contribution in [2.24, 2.45) is 16.0 Å². The highest BCUT2D eigenvalue weighted by Crippen LogP contribution is 2.31. The normalized spacial score (nSPS) is 17.6. The van der Waals surface area contributed by atoms with Gasteiger partial charge >= 0.3 is 0 Å². The molecule has 22 heavy (non-hydrogen) atoms. The summed E-state index contributed by atoms with van der Waals surface area (Å²) in [5, 5.41) is 6.95. The molecule has 1 fully saturated rings. The molecule has 0 N–H and O–H groups in total. The molecule has 118 valence electrons. The number of thiophene rings is 1. The number of aromatic nitrogens is 1. The lowest BCUT2D eigenvalue weighted by Crippen LogP contribution is -2.14. The fourth-order valence-electron chi connectivity index (χ4n) is 2.72. The number of hydrogen-bond acceptors (Lipinski definition) is 4. The predicted molar refractivity (Wildman–Crippen MR) is 99.9 cm³/mol. The Labute approximate surface area is 147 Å². The van der Waals surface area contributed by atoms with E-state index in [0.29, 0.717) is 5.92 Å². The summed E-state index contributed by atoms with van der Waals surface area (Å²) in [5.74, 6) is 0.624. The molecule has 0 atom stereocenters. The van der Waals surface area contributed by atoms with Gasteiger partial charge in [0.2, 0.25) is 4.80 Å². The first-order chi connectivity index (χ1) is 10.8. The van der Waals surface area contributed by atoms with E-state index in [1.165, 1.54) is 37.0 Å². The quantitative estimate of drug-likeness (QED) is 0.620. The molecule has 2 heterocycles. The van der Waals surface area contributed by atoms with E-state index in [9.17, 15) is 0 Å². The average molecular weight is 398 g/mol. The molecule has 1 saturated carbocycles. The van der Waals surface area contributed by atoms with Crippen LogP contribution < -0.4 is 4.80 Å². The third-order valence-corrected chi connectivity index (χ3v) is 6.35. The van der Waals surface area contributed by atoms with Crippen LogP contribution in [0, 0.1) is 5.92 Å². The molecule has 0 aromatic carbocycles. The van der Waals surface area contributed by atoms with Crippen LogP contribution in [-0.2, 0) is 0 Å². The number of thiazole rings is 1. The maximum Gasteiger partial charge on any atom is 0.206 e. The Kier molecular flexibility index (Phi) is 5.66. The summed E-state index contributed by atoms with van der Waals surface area (Å²) in [5.41, 5.74) is 1.14. The van der Waals surface area contributed by atoms with Gasteiger partial charge < -0.3 is 0 Å². The zero-order valence-corrected chi connectivity index (χ0v) is 15.9. The third kappa shape index (κ3) is 3.78. The van der Waals surface area contributed by atoms with Gasteiger partial charge in [-0.1, -0.05) is 19.3 Å². The molecule has 0 unspecified atom stereocenters. The molecule has 0 spiro atoms. The van der Waals surface area contributed by atoms with E-state index in [1.54, 1.807) is 22.7 Å². The monoisotopic (exact) mass is 397 g/mol. The Bertz CT molecular complexity index is 705. The molecule has 0 amide bonds. The van der Waals surface area contributed by atoms with Gasteiger partial charge in [-0.2, -0.15) is 5.10 Å². The molecule has 1 aliphatic rings. The molecule has 0 bridgehead atoms. The van der Waals surface area contributed by atoms with Crippen LogP contribution in [0.5, 0.6) is 0 Å². The van der Waals surface area contributed by atoms with Crippen molar-refractivity contribution in [1.29, 1.82) is 0 Å². The van der Waals surface area contributed by atoms with E-state index >= 15 is 0 Å². The van der Waals surface area contributed by atoms with Gasteiger partial charge in [0.15, 0.2) is 0 Å². The topological polar surface area (TPSA) is 29.6 Å². The summed E-state index contributed by atoms with van der Waals surface area (Å²) in [7, 11) is 0. The Balaban J connectivity index is 1.94. The first-order valence-electron chi connectivity index (χ1n) is 7.79. The fraction of sp³-hybridized carbons (Fsp3) is 0.500. The smallest absolute Gasteiger partial charge is 0.206 e. The second kappa shape index (κ2) is 7.70. The molecule has 1 aliphatic carbocycles. The Hall–Kier alpha value is -0.720. The minimum Gasteiger partial charge on any atom is -0.258 e. The van der Waals surface area contributed by atoms with Crippen molar-refractivity contribution in [3.8, 4) is 10.6 Å². The van der Waals surface area contributed by atoms with Crippen LogP contribution in [0.1, 0.15) is 39.0 Å². The lowest BCUT2D eigenvalue weighted by atomic mass is 9.90. The first-order valence-corrected chi connectivity index (χ1v) is 10.3. The first kappa shape index (κ1) is 16.1. The van der Waals surface area contributed by atoms with Crippen LogP contribution in [-0.4, -0.2) is 17.4 Å². The van der Waals surface area contributed by atoms with Crippen molar-refractivity contribution in [3.05, 3.63) is 26.1 Å². The van der Waals surface area contributed by atoms with E-state index in [4.69, 9.17) is 5.10 Å². The minimum atomic E-state index is 0.624. The summed E-state index contributed by atoms with van der Waals surface area (Å²) in [6.45, 7) is 2.85. The van der Waals surface area contributed by atoms with Crippen LogP contribution in [0.3, 0.4) is 0 Å². The van der Waals surface area contributed by atoms with Crippen molar-refractivity contribution < 1.29 is 0 Å². The van der Waals surface area contributed by atoms with Crippen LogP contribution in [0.15, 0.2) is 31.4 Å². The summed E-state index contributed by atoms with van der Waals surface area (Å²) in [4.78, 5) is 6.79. The van der Waals surface area contributed by atoms with Gasteiger partial charge in [-0.25, -0.2) is 4.68 Å². The molecule has 6 heteroatoms. The second-order valence-corrected chi connectivity index (χ2v) is 8.76. The Morgan fingerprint density at radius 1 is 1.32 bits per heavy atom. The lowest BCUT2D eigenvalue weighted by molar-refractivity contribution is 0.443. The van der Waals surface area contributed by atoms with E-state index < -0.39 is 0 Å². The molecule has 0 saturated heterocycles. The highest BCUT2D eigenvalue weighted by Gasteiger charge is 2.13. The van der Waals surface area contributed by atoms with Gasteiger partial charge in [0, 0.05) is 18.1 Å². The zero-order chi connectivity index (χ0) is 15.4. The summed E-state index contributed by atoms with van der Waals surface area (Å²) in [6, 6.07) is 4.22. The van der Waals surface area contributed by atoms with Crippen LogP contribution >= 0.6 is 38.6 Å². The third-order valence-electron chi connectivity index (χ3n) is 3.85. The average Bonchev–Trinajstić information content (AvgIpc) is 3.13. The molecule has 2 aromatic heterocycles. The van der Waals surface area contributed by atoms with Crippen molar-refractivity contribution in [3.63, 3.8) is 0 Å². The maximum atomic E-state index is 4.79. The highest BCUT2D eigenvalue weighted by molar-refractivity contribution is 9.11. The van der Waals surface area contributed by atoms with Gasteiger partial charge in [0.1, 0.15) is 0 Å². The van der Waals surface area contributed by atoms with E-state index in [-0.39, 0.29) is 0 Å². The molecule has 2 aromatic rings. The van der Waals surface area contributed by atoms with Gasteiger partial charge in [0.05, 0.1) is 14.4 Å². The maximum absolute atomic E-state index is 4.79. The van der Waals surface area contributed by atoms with Crippen LogP contribution in [0.25, 0.3) is 10.6 Å². The number of hydrogen-bond donors (Lipinski definition) is 0. The summed E-state index contributed by atoms with van der Waals surface area (Å²) >= 11 is 6.94. The van der Waals surface area contributed by atoms with Gasteiger partial charge in [-0.15, -0.1) is 22.7 Å². The van der Waals surface area contributed by atoms with Crippen molar-refractivity contribution in [1.82, 2.24) is 4.68 Å². The fourth-order valence-corrected chi connectivity index (χ4v) is 5.08. The summed E-state index contributed by atoms with van der Waals surface area (Å²) < 4.78 is 3.16. The molecule has 0 aliphatic heterocycles. The number of nitrogens with zero attached hydrogens (tertiary/aromatic N) is 3. The van der Waals surface area contributed by atoms with Crippen molar-refractivity contribution in [2.45, 2.75) is 39.0 Å². The van der Waals surface area contributed by atoms with Crippen molar-refractivity contribution in [2.75, 3.05) is 6.54 Å². The molecule has 3 nitrogen and oxygen atoms in total. The zero-order valence-electron chi connectivity index (χ0n) is 12.7. The molecular formula is C16H20BrN3S2. The SMILES string of the molecule is CCN=c1scc(-c2ccc(Br)s2)n1/N=C\C1CCCCC1. The predicted octanol–water partition coefficient (Wildman–Crippen LogP) is 5.38. The van der Waals surface area contributed by atoms with Gasteiger partial charge in [-0.05, 0) is 53.7 Å².